The zero-order valence-electron chi connectivity index (χ0n) is 13.9. The zero-order chi connectivity index (χ0) is 15.8. The molecular weight excluding hydrogens is 274 g/mol. The highest BCUT2D eigenvalue weighted by molar-refractivity contribution is 5.77. The van der Waals surface area contributed by atoms with Gasteiger partial charge in [-0.15, -0.1) is 0 Å². The van der Waals surface area contributed by atoms with Crippen molar-refractivity contribution in [2.75, 3.05) is 24.5 Å². The van der Waals surface area contributed by atoms with E-state index in [1.807, 2.05) is 12.3 Å². The predicted octanol–water partition coefficient (Wildman–Crippen LogP) is 2.52. The molecule has 1 saturated heterocycles. The summed E-state index contributed by atoms with van der Waals surface area (Å²) in [4.78, 5) is 11.3. The highest BCUT2D eigenvalue weighted by Crippen LogP contribution is 2.18. The van der Waals surface area contributed by atoms with Crippen LogP contribution in [0.1, 0.15) is 45.1 Å². The van der Waals surface area contributed by atoms with E-state index in [4.69, 9.17) is 5.73 Å². The van der Waals surface area contributed by atoms with Gasteiger partial charge in [0.15, 0.2) is 5.96 Å². The molecule has 0 unspecified atom stereocenters. The maximum absolute atomic E-state index is 5.88. The Morgan fingerprint density at radius 3 is 2.73 bits per heavy atom. The van der Waals surface area contributed by atoms with Crippen LogP contribution in [0.25, 0.3) is 0 Å². The second-order valence-corrected chi connectivity index (χ2v) is 6.40. The van der Waals surface area contributed by atoms with E-state index in [0.717, 1.165) is 31.0 Å². The van der Waals surface area contributed by atoms with Crippen LogP contribution in [-0.2, 0) is 6.54 Å². The quantitative estimate of drug-likeness (QED) is 0.648. The van der Waals surface area contributed by atoms with Crippen molar-refractivity contribution < 1.29 is 0 Å². The second kappa shape index (κ2) is 8.61. The molecule has 2 heterocycles. The van der Waals surface area contributed by atoms with Gasteiger partial charge < -0.3 is 16.0 Å². The maximum atomic E-state index is 5.88. The lowest BCUT2D eigenvalue weighted by Gasteiger charge is -2.21. The van der Waals surface area contributed by atoms with Gasteiger partial charge in [0, 0.05) is 25.8 Å². The average molecular weight is 303 g/mol. The predicted molar refractivity (Wildman–Crippen MR) is 93.1 cm³/mol. The Bertz CT molecular complexity index is 476. The van der Waals surface area contributed by atoms with E-state index < -0.39 is 0 Å². The lowest BCUT2D eigenvalue weighted by atomic mass is 10.2. The Labute approximate surface area is 134 Å². The van der Waals surface area contributed by atoms with Gasteiger partial charge in [0.1, 0.15) is 5.82 Å². The molecule has 0 saturated carbocycles. The van der Waals surface area contributed by atoms with E-state index in [1.54, 1.807) is 0 Å². The fourth-order valence-electron chi connectivity index (χ4n) is 2.57. The molecule has 0 spiro atoms. The molecule has 0 amide bonds. The smallest absolute Gasteiger partial charge is 0.188 e. The molecule has 5 nitrogen and oxygen atoms in total. The molecule has 1 aromatic rings. The summed E-state index contributed by atoms with van der Waals surface area (Å²) >= 11 is 0. The first-order valence-electron chi connectivity index (χ1n) is 8.39. The van der Waals surface area contributed by atoms with Crippen LogP contribution < -0.4 is 16.0 Å². The van der Waals surface area contributed by atoms with Gasteiger partial charge in [-0.2, -0.15) is 0 Å². The molecule has 1 fully saturated rings. The molecule has 22 heavy (non-hydrogen) atoms. The maximum Gasteiger partial charge on any atom is 0.188 e. The molecule has 3 N–H and O–H groups in total. The molecule has 1 aliphatic rings. The second-order valence-electron chi connectivity index (χ2n) is 6.40. The topological polar surface area (TPSA) is 66.5 Å². The Balaban J connectivity index is 1.94. The van der Waals surface area contributed by atoms with Gasteiger partial charge in [0.05, 0.1) is 6.54 Å². The van der Waals surface area contributed by atoms with Crippen molar-refractivity contribution in [2.24, 2.45) is 16.6 Å². The van der Waals surface area contributed by atoms with Crippen LogP contribution >= 0.6 is 0 Å². The van der Waals surface area contributed by atoms with E-state index >= 15 is 0 Å². The Hall–Kier alpha value is -1.78. The van der Waals surface area contributed by atoms with Crippen LogP contribution in [-0.4, -0.2) is 30.6 Å². The number of nitrogens with two attached hydrogens (primary N) is 1. The van der Waals surface area contributed by atoms with Gasteiger partial charge >= 0.3 is 0 Å². The van der Waals surface area contributed by atoms with Crippen molar-refractivity contribution in [2.45, 2.75) is 46.1 Å². The molecule has 1 aromatic heterocycles. The molecule has 2 rings (SSSR count). The first kappa shape index (κ1) is 16.6. The molecule has 0 bridgehead atoms. The first-order chi connectivity index (χ1) is 10.6. The van der Waals surface area contributed by atoms with Crippen LogP contribution in [0.4, 0.5) is 5.82 Å². The Morgan fingerprint density at radius 1 is 1.32 bits per heavy atom. The zero-order valence-corrected chi connectivity index (χ0v) is 13.9. The number of aromatic nitrogens is 1. The number of aliphatic imine (C=N–C) groups is 1. The molecule has 0 aliphatic carbocycles. The lowest BCUT2D eigenvalue weighted by Crippen LogP contribution is -2.34. The van der Waals surface area contributed by atoms with Crippen molar-refractivity contribution in [1.82, 2.24) is 10.3 Å². The van der Waals surface area contributed by atoms with Crippen LogP contribution in [0.2, 0.25) is 0 Å². The van der Waals surface area contributed by atoms with Gasteiger partial charge in [-0.25, -0.2) is 9.98 Å². The number of rotatable bonds is 5. The molecule has 1 aliphatic heterocycles. The average Bonchev–Trinajstić information content (AvgIpc) is 2.80. The highest BCUT2D eigenvalue weighted by Gasteiger charge is 2.11. The van der Waals surface area contributed by atoms with Crippen molar-refractivity contribution in [3.8, 4) is 0 Å². The summed E-state index contributed by atoms with van der Waals surface area (Å²) in [5, 5.41) is 3.14. The largest absolute Gasteiger partial charge is 0.370 e. The number of nitrogens with zero attached hydrogens (tertiary/aromatic N) is 3. The Morgan fingerprint density at radius 2 is 2.05 bits per heavy atom. The summed E-state index contributed by atoms with van der Waals surface area (Å²) in [6, 6.07) is 4.16. The molecule has 0 radical (unpaired) electrons. The molecule has 122 valence electrons. The third-order valence-corrected chi connectivity index (χ3v) is 3.86. The molecule has 0 aromatic carbocycles. The summed E-state index contributed by atoms with van der Waals surface area (Å²) < 4.78 is 0. The number of pyridine rings is 1. The van der Waals surface area contributed by atoms with Gasteiger partial charge in [0.25, 0.3) is 0 Å². The van der Waals surface area contributed by atoms with Crippen LogP contribution in [0.3, 0.4) is 0 Å². The highest BCUT2D eigenvalue weighted by atomic mass is 15.2. The summed E-state index contributed by atoms with van der Waals surface area (Å²) in [5.41, 5.74) is 7.04. The first-order valence-corrected chi connectivity index (χ1v) is 8.39. The number of hydrogen-bond acceptors (Lipinski definition) is 3. The number of guanidine groups is 1. The van der Waals surface area contributed by atoms with E-state index in [2.05, 4.69) is 40.1 Å². The normalized spacial score (nSPS) is 16.7. The van der Waals surface area contributed by atoms with Crippen LogP contribution in [0, 0.1) is 5.92 Å². The van der Waals surface area contributed by atoms with E-state index in [1.165, 1.54) is 25.7 Å². The Kier molecular flexibility index (Phi) is 6.49. The minimum absolute atomic E-state index is 0.516. The number of anilines is 1. The lowest BCUT2D eigenvalue weighted by molar-refractivity contribution is 0.622. The van der Waals surface area contributed by atoms with Gasteiger partial charge in [-0.3, -0.25) is 0 Å². The summed E-state index contributed by atoms with van der Waals surface area (Å²) in [7, 11) is 0. The minimum Gasteiger partial charge on any atom is -0.370 e. The van der Waals surface area contributed by atoms with E-state index in [-0.39, 0.29) is 0 Å². The monoisotopic (exact) mass is 303 g/mol. The number of nitrogens with one attached hydrogen (secondary N) is 1. The van der Waals surface area contributed by atoms with E-state index in [0.29, 0.717) is 18.4 Å². The van der Waals surface area contributed by atoms with Crippen molar-refractivity contribution in [1.29, 1.82) is 0 Å². The fraction of sp³-hybridized carbons (Fsp3) is 0.647. The van der Waals surface area contributed by atoms with Crippen LogP contribution in [0.5, 0.6) is 0 Å². The summed E-state index contributed by atoms with van der Waals surface area (Å²) in [5.74, 6) is 2.15. The fourth-order valence-corrected chi connectivity index (χ4v) is 2.57. The standard InChI is InChI=1S/C17H29N5/c1-14(2)12-20-17(18)21-13-15-7-8-19-16(11-15)22-9-5-3-4-6-10-22/h7-8,11,14H,3-6,9-10,12-13H2,1-2H3,(H3,18,20,21). The van der Waals surface area contributed by atoms with Crippen molar-refractivity contribution >= 4 is 11.8 Å². The van der Waals surface area contributed by atoms with Crippen molar-refractivity contribution in [3.05, 3.63) is 23.9 Å². The van der Waals surface area contributed by atoms with Crippen LogP contribution in [0.15, 0.2) is 23.3 Å². The van der Waals surface area contributed by atoms with E-state index in [9.17, 15) is 0 Å². The van der Waals surface area contributed by atoms with Gasteiger partial charge in [-0.1, -0.05) is 26.7 Å². The third-order valence-electron chi connectivity index (χ3n) is 3.86. The minimum atomic E-state index is 0.516. The number of hydrogen-bond donors (Lipinski definition) is 2. The van der Waals surface area contributed by atoms with Gasteiger partial charge in [0.2, 0.25) is 0 Å². The molecule has 5 heteroatoms. The SMILES string of the molecule is CC(C)CNC(N)=NCc1ccnc(N2CCCCCC2)c1. The van der Waals surface area contributed by atoms with Gasteiger partial charge in [-0.05, 0) is 36.5 Å². The molecular formula is C17H29N5. The summed E-state index contributed by atoms with van der Waals surface area (Å²) in [6.45, 7) is 7.97. The van der Waals surface area contributed by atoms with Crippen molar-refractivity contribution in [3.63, 3.8) is 0 Å². The third kappa shape index (κ3) is 5.54. The molecule has 0 atom stereocenters. The summed E-state index contributed by atoms with van der Waals surface area (Å²) in [6.07, 6.45) is 7.06.